The van der Waals surface area contributed by atoms with E-state index in [-0.39, 0.29) is 23.8 Å². The van der Waals surface area contributed by atoms with E-state index in [1.807, 2.05) is 26.0 Å². The molecule has 7 nitrogen and oxygen atoms in total. The number of methoxy groups -OCH3 is 1. The summed E-state index contributed by atoms with van der Waals surface area (Å²) in [6.45, 7) is 4.13. The summed E-state index contributed by atoms with van der Waals surface area (Å²) in [5.41, 5.74) is 1.39. The van der Waals surface area contributed by atoms with Crippen LogP contribution in [0.5, 0.6) is 5.75 Å². The fourth-order valence-corrected chi connectivity index (χ4v) is 5.41. The highest BCUT2D eigenvalue weighted by Crippen LogP contribution is 2.27. The van der Waals surface area contributed by atoms with Crippen LogP contribution in [0.3, 0.4) is 0 Å². The summed E-state index contributed by atoms with van der Waals surface area (Å²) in [4.78, 5) is 25.0. The summed E-state index contributed by atoms with van der Waals surface area (Å²) in [7, 11) is -2.15. The zero-order valence-corrected chi connectivity index (χ0v) is 20.5. The Morgan fingerprint density at radius 3 is 2.27 bits per heavy atom. The Hall–Kier alpha value is -2.42. The van der Waals surface area contributed by atoms with Crippen LogP contribution >= 0.6 is 11.6 Å². The number of hydrogen-bond donors (Lipinski definition) is 0. The first kappa shape index (κ1) is 25.2. The van der Waals surface area contributed by atoms with Crippen molar-refractivity contribution in [1.29, 1.82) is 0 Å². The van der Waals surface area contributed by atoms with Gasteiger partial charge in [-0.15, -0.1) is 0 Å². The first-order valence-corrected chi connectivity index (χ1v) is 12.6. The van der Waals surface area contributed by atoms with Crippen LogP contribution in [0.25, 0.3) is 0 Å². The molecule has 0 N–H and O–H groups in total. The molecule has 1 saturated heterocycles. The molecule has 1 fully saturated rings. The predicted octanol–water partition coefficient (Wildman–Crippen LogP) is 4.30. The maximum absolute atomic E-state index is 12.9. The van der Waals surface area contributed by atoms with Crippen molar-refractivity contribution in [2.24, 2.45) is 5.92 Å². The van der Waals surface area contributed by atoms with Gasteiger partial charge in [-0.3, -0.25) is 9.59 Å². The van der Waals surface area contributed by atoms with E-state index in [4.69, 9.17) is 21.1 Å². The molecule has 0 radical (unpaired) electrons. The lowest BCUT2D eigenvalue weighted by Crippen LogP contribution is -2.40. The van der Waals surface area contributed by atoms with Crippen molar-refractivity contribution in [1.82, 2.24) is 4.31 Å². The molecule has 178 valence electrons. The van der Waals surface area contributed by atoms with E-state index < -0.39 is 28.5 Å². The van der Waals surface area contributed by atoms with Gasteiger partial charge < -0.3 is 9.47 Å². The van der Waals surface area contributed by atoms with Crippen LogP contribution in [0.1, 0.15) is 48.5 Å². The van der Waals surface area contributed by atoms with Gasteiger partial charge >= 0.3 is 5.97 Å². The molecule has 0 atom stereocenters. The molecule has 0 amide bonds. The van der Waals surface area contributed by atoms with E-state index in [1.165, 1.54) is 17.5 Å². The minimum atomic E-state index is -3.62. The monoisotopic (exact) mass is 493 g/mol. The Bertz CT molecular complexity index is 1110. The van der Waals surface area contributed by atoms with Gasteiger partial charge in [0.05, 0.1) is 22.9 Å². The molecule has 0 unspecified atom stereocenters. The Labute approximate surface area is 199 Å². The Morgan fingerprint density at radius 2 is 1.73 bits per heavy atom. The highest BCUT2D eigenvalue weighted by atomic mass is 35.5. The number of rotatable bonds is 8. The number of halogens is 1. The summed E-state index contributed by atoms with van der Waals surface area (Å²) >= 11 is 6.04. The van der Waals surface area contributed by atoms with E-state index in [9.17, 15) is 18.0 Å². The first-order valence-electron chi connectivity index (χ1n) is 10.8. The Morgan fingerprint density at radius 1 is 1.09 bits per heavy atom. The number of ether oxygens (including phenoxy) is 2. The Kier molecular flexibility index (Phi) is 8.15. The predicted molar refractivity (Wildman–Crippen MR) is 125 cm³/mol. The number of nitrogens with zero attached hydrogens (tertiary/aromatic N) is 1. The number of Topliss-reactive ketones (excluding diaryl/α,β-unsaturated/α-hetero) is 1. The number of piperidine rings is 1. The van der Waals surface area contributed by atoms with Crippen molar-refractivity contribution in [3.05, 3.63) is 58.6 Å². The molecule has 0 aromatic heterocycles. The zero-order valence-electron chi connectivity index (χ0n) is 18.9. The van der Waals surface area contributed by atoms with Crippen molar-refractivity contribution in [2.45, 2.75) is 37.5 Å². The standard InChI is InChI=1S/C24H28ClNO6S/c1-16(2)17-4-7-20(8-5-17)33(29,30)26-12-10-18(11-13-26)24(28)32-15-22(27)19-6-9-23(31-3)21(25)14-19/h4-9,14,16,18H,10-13,15H2,1-3H3. The second-order valence-corrected chi connectivity index (χ2v) is 10.6. The lowest BCUT2D eigenvalue weighted by atomic mass is 9.98. The summed E-state index contributed by atoms with van der Waals surface area (Å²) in [6.07, 6.45) is 0.676. The van der Waals surface area contributed by atoms with Crippen LogP contribution in [0, 0.1) is 5.92 Å². The van der Waals surface area contributed by atoms with E-state index in [0.717, 1.165) is 5.56 Å². The molecule has 1 aliphatic heterocycles. The minimum absolute atomic E-state index is 0.218. The molecule has 9 heteroatoms. The highest BCUT2D eigenvalue weighted by Gasteiger charge is 2.33. The first-order chi connectivity index (χ1) is 15.6. The van der Waals surface area contributed by atoms with Gasteiger partial charge in [-0.05, 0) is 54.7 Å². The van der Waals surface area contributed by atoms with Crippen LogP contribution in [0.2, 0.25) is 5.02 Å². The number of benzene rings is 2. The van der Waals surface area contributed by atoms with E-state index in [1.54, 1.807) is 24.3 Å². The average molecular weight is 494 g/mol. The molecule has 1 heterocycles. The number of carbonyl (C=O) groups excluding carboxylic acids is 2. The topological polar surface area (TPSA) is 90.0 Å². The van der Waals surface area contributed by atoms with Gasteiger partial charge in [0.2, 0.25) is 10.0 Å². The largest absolute Gasteiger partial charge is 0.495 e. The lowest BCUT2D eigenvalue weighted by molar-refractivity contribution is -0.148. The van der Waals surface area contributed by atoms with Crippen LogP contribution in [-0.2, 0) is 19.6 Å². The van der Waals surface area contributed by atoms with Gasteiger partial charge in [0, 0.05) is 18.7 Å². The van der Waals surface area contributed by atoms with Gasteiger partial charge in [0.1, 0.15) is 5.75 Å². The number of carbonyl (C=O) groups is 2. The van der Waals surface area contributed by atoms with Crippen LogP contribution in [0.15, 0.2) is 47.4 Å². The zero-order chi connectivity index (χ0) is 24.2. The summed E-state index contributed by atoms with van der Waals surface area (Å²) in [6, 6.07) is 11.5. The lowest BCUT2D eigenvalue weighted by Gasteiger charge is -2.30. The molecular weight excluding hydrogens is 466 g/mol. The fourth-order valence-electron chi connectivity index (χ4n) is 3.68. The molecule has 0 aliphatic carbocycles. The molecule has 0 saturated carbocycles. The molecule has 1 aliphatic rings. The van der Waals surface area contributed by atoms with Crippen molar-refractivity contribution in [2.75, 3.05) is 26.8 Å². The number of ketones is 1. The van der Waals surface area contributed by atoms with Gasteiger partial charge in [0.15, 0.2) is 12.4 Å². The maximum Gasteiger partial charge on any atom is 0.309 e. The summed E-state index contributed by atoms with van der Waals surface area (Å²) in [5, 5.41) is 0.294. The third kappa shape index (κ3) is 5.93. The SMILES string of the molecule is COc1ccc(C(=O)COC(=O)C2CCN(S(=O)(=O)c3ccc(C(C)C)cc3)CC2)cc1Cl. The number of sulfonamides is 1. The highest BCUT2D eigenvalue weighted by molar-refractivity contribution is 7.89. The third-order valence-electron chi connectivity index (χ3n) is 5.79. The second-order valence-electron chi connectivity index (χ2n) is 8.28. The van der Waals surface area contributed by atoms with Gasteiger partial charge in [0.25, 0.3) is 0 Å². The van der Waals surface area contributed by atoms with E-state index in [0.29, 0.717) is 35.1 Å². The molecule has 2 aromatic carbocycles. The van der Waals surface area contributed by atoms with E-state index >= 15 is 0 Å². The smallest absolute Gasteiger partial charge is 0.309 e. The molecule has 3 rings (SSSR count). The van der Waals surface area contributed by atoms with Crippen molar-refractivity contribution < 1.29 is 27.5 Å². The molecule has 33 heavy (non-hydrogen) atoms. The van der Waals surface area contributed by atoms with Crippen molar-refractivity contribution in [3.63, 3.8) is 0 Å². The quantitative estimate of drug-likeness (QED) is 0.402. The fraction of sp³-hybridized carbons (Fsp3) is 0.417. The number of esters is 1. The van der Waals surface area contributed by atoms with Crippen LogP contribution < -0.4 is 4.74 Å². The minimum Gasteiger partial charge on any atom is -0.495 e. The summed E-state index contributed by atoms with van der Waals surface area (Å²) < 4.78 is 37.5. The van der Waals surface area contributed by atoms with Gasteiger partial charge in [-0.2, -0.15) is 4.31 Å². The van der Waals surface area contributed by atoms with Crippen molar-refractivity contribution in [3.8, 4) is 5.75 Å². The van der Waals surface area contributed by atoms with Gasteiger partial charge in [-0.25, -0.2) is 8.42 Å². The van der Waals surface area contributed by atoms with Crippen LogP contribution in [-0.4, -0.2) is 51.3 Å². The molecular formula is C24H28ClNO6S. The van der Waals surface area contributed by atoms with E-state index in [2.05, 4.69) is 0 Å². The van der Waals surface area contributed by atoms with Gasteiger partial charge in [-0.1, -0.05) is 37.6 Å². The second kappa shape index (κ2) is 10.7. The molecule has 2 aromatic rings. The summed E-state index contributed by atoms with van der Waals surface area (Å²) in [5.74, 6) is -0.564. The normalized spacial score (nSPS) is 15.4. The molecule has 0 spiro atoms. The van der Waals surface area contributed by atoms with Crippen molar-refractivity contribution >= 4 is 33.4 Å². The average Bonchev–Trinajstić information content (AvgIpc) is 2.82. The number of hydrogen-bond acceptors (Lipinski definition) is 6. The third-order valence-corrected chi connectivity index (χ3v) is 8.00. The molecule has 0 bridgehead atoms. The Balaban J connectivity index is 1.53. The maximum atomic E-state index is 12.9. The van der Waals surface area contributed by atoms with Crippen LogP contribution in [0.4, 0.5) is 0 Å².